The number of likely N-dealkylation sites (tertiary alicyclic amines) is 1. The van der Waals surface area contributed by atoms with Gasteiger partial charge < -0.3 is 20.1 Å². The molecule has 222 valence electrons. The van der Waals surface area contributed by atoms with Gasteiger partial charge in [0.25, 0.3) is 11.5 Å². The summed E-state index contributed by atoms with van der Waals surface area (Å²) in [5.41, 5.74) is 0.757. The highest BCUT2D eigenvalue weighted by Gasteiger charge is 2.35. The van der Waals surface area contributed by atoms with E-state index in [1.54, 1.807) is 23.1 Å². The van der Waals surface area contributed by atoms with Crippen LogP contribution in [-0.4, -0.2) is 40.3 Å². The lowest BCUT2D eigenvalue weighted by Crippen LogP contribution is -2.37. The topological polar surface area (TPSA) is 101 Å². The molecule has 0 spiro atoms. The first-order valence-electron chi connectivity index (χ1n) is 14.7. The number of amides is 3. The van der Waals surface area contributed by atoms with Gasteiger partial charge in [-0.2, -0.15) is 0 Å². The van der Waals surface area contributed by atoms with Crippen LogP contribution in [0.15, 0.2) is 47.3 Å². The Balaban J connectivity index is 0.000000524. The Morgan fingerprint density at radius 1 is 1.07 bits per heavy atom. The van der Waals surface area contributed by atoms with Crippen molar-refractivity contribution in [3.8, 4) is 0 Å². The van der Waals surface area contributed by atoms with E-state index < -0.39 is 23.3 Å². The molecular formula is C32H36F2N4O4. The van der Waals surface area contributed by atoms with Crippen LogP contribution in [0, 0.1) is 17.6 Å². The van der Waals surface area contributed by atoms with Crippen molar-refractivity contribution >= 4 is 28.5 Å². The molecule has 3 aliphatic rings. The molecule has 8 nitrogen and oxygen atoms in total. The van der Waals surface area contributed by atoms with Gasteiger partial charge in [0.05, 0.1) is 29.2 Å². The van der Waals surface area contributed by atoms with Crippen LogP contribution < -0.4 is 16.2 Å². The Hall–Kier alpha value is -4.08. The summed E-state index contributed by atoms with van der Waals surface area (Å²) in [5, 5.41) is 5.83. The fraction of sp³-hybridized carbons (Fsp3) is 0.438. The van der Waals surface area contributed by atoms with Crippen molar-refractivity contribution in [1.29, 1.82) is 0 Å². The average molecular weight is 579 g/mol. The van der Waals surface area contributed by atoms with Gasteiger partial charge in [0.15, 0.2) is 0 Å². The molecule has 0 radical (unpaired) electrons. The number of benzene rings is 2. The minimum atomic E-state index is -0.691. The third-order valence-electron chi connectivity index (χ3n) is 8.03. The minimum Gasteiger partial charge on any atom is -0.356 e. The second kappa shape index (κ2) is 12.8. The number of nitrogens with zero attached hydrogens (tertiary/aromatic N) is 2. The molecular weight excluding hydrogens is 542 g/mol. The highest BCUT2D eigenvalue weighted by Crippen LogP contribution is 2.41. The number of pyridine rings is 1. The molecule has 42 heavy (non-hydrogen) atoms. The van der Waals surface area contributed by atoms with Crippen LogP contribution in [0.4, 0.5) is 8.78 Å². The van der Waals surface area contributed by atoms with E-state index in [9.17, 15) is 28.0 Å². The number of rotatable bonds is 8. The van der Waals surface area contributed by atoms with Gasteiger partial charge in [0.1, 0.15) is 11.6 Å². The molecule has 10 heteroatoms. The first-order valence-corrected chi connectivity index (χ1v) is 14.7. The number of carbonyl (C=O) groups is 3. The molecule has 3 amide bonds. The zero-order valence-corrected chi connectivity index (χ0v) is 23.8. The second-order valence-corrected chi connectivity index (χ2v) is 11.2. The summed E-state index contributed by atoms with van der Waals surface area (Å²) in [6.45, 7) is 3.71. The smallest absolute Gasteiger partial charge is 0.261 e. The Bertz CT molecular complexity index is 1560. The summed E-state index contributed by atoms with van der Waals surface area (Å²) < 4.78 is 30.4. The van der Waals surface area contributed by atoms with Crippen molar-refractivity contribution < 1.29 is 23.2 Å². The zero-order chi connectivity index (χ0) is 29.8. The number of aromatic nitrogens is 1. The summed E-state index contributed by atoms with van der Waals surface area (Å²) in [5.74, 6) is -1.20. The quantitative estimate of drug-likeness (QED) is 0.409. The average Bonchev–Trinajstić information content (AvgIpc) is 3.56. The van der Waals surface area contributed by atoms with E-state index in [4.69, 9.17) is 0 Å². The van der Waals surface area contributed by atoms with Gasteiger partial charge in [-0.15, -0.1) is 0 Å². The Morgan fingerprint density at radius 2 is 1.86 bits per heavy atom. The largest absolute Gasteiger partial charge is 0.356 e. The lowest BCUT2D eigenvalue weighted by molar-refractivity contribution is -0.128. The predicted octanol–water partition coefficient (Wildman–Crippen LogP) is 4.59. The van der Waals surface area contributed by atoms with E-state index in [1.165, 1.54) is 28.8 Å². The highest BCUT2D eigenvalue weighted by atomic mass is 19.1. The third-order valence-corrected chi connectivity index (χ3v) is 8.03. The molecule has 1 atom stereocenters. The lowest BCUT2D eigenvalue weighted by Gasteiger charge is -2.25. The van der Waals surface area contributed by atoms with Gasteiger partial charge in [-0.1, -0.05) is 31.2 Å². The first kappa shape index (κ1) is 29.4. The standard InChI is InChI=1S/C28H29F2N3O3.C4H7NO/c1-2-13-33-22(16-32-14-5-10-23(32)34)25(20-8-4-9-21(30)24(20)28(33)36)27(35)31-26(17-11-12-17)18-6-3-7-19(29)15-18;6-4-2-1-3-5-4/h3-4,6-9,15,17,26H,2,5,10-14,16H2,1H3,(H,31,35);1-3H2,(H,5,6)/t26-;/m0./s1. The third kappa shape index (κ3) is 6.37. The normalized spacial score (nSPS) is 17.2. The number of carbonyl (C=O) groups excluding carboxylic acids is 3. The van der Waals surface area contributed by atoms with Crippen LogP contribution in [0.1, 0.15) is 79.5 Å². The maximum absolute atomic E-state index is 15.0. The molecule has 0 unspecified atom stereocenters. The second-order valence-electron chi connectivity index (χ2n) is 11.2. The number of nitrogens with one attached hydrogen (secondary N) is 2. The summed E-state index contributed by atoms with van der Waals surface area (Å²) in [4.78, 5) is 51.6. The molecule has 3 heterocycles. The fourth-order valence-corrected chi connectivity index (χ4v) is 5.81. The lowest BCUT2D eigenvalue weighted by atomic mass is 9.98. The highest BCUT2D eigenvalue weighted by molar-refractivity contribution is 6.08. The molecule has 0 bridgehead atoms. The molecule has 2 aliphatic heterocycles. The summed E-state index contributed by atoms with van der Waals surface area (Å²) >= 11 is 0. The van der Waals surface area contributed by atoms with Crippen LogP contribution in [-0.2, 0) is 22.7 Å². The Morgan fingerprint density at radius 3 is 2.45 bits per heavy atom. The van der Waals surface area contributed by atoms with Crippen molar-refractivity contribution in [2.75, 3.05) is 13.1 Å². The van der Waals surface area contributed by atoms with Crippen molar-refractivity contribution in [2.24, 2.45) is 5.92 Å². The van der Waals surface area contributed by atoms with Crippen LogP contribution >= 0.6 is 0 Å². The van der Waals surface area contributed by atoms with Gasteiger partial charge in [-0.25, -0.2) is 8.78 Å². The zero-order valence-electron chi connectivity index (χ0n) is 23.8. The van der Waals surface area contributed by atoms with Gasteiger partial charge in [0.2, 0.25) is 11.8 Å². The molecule has 2 N–H and O–H groups in total. The number of hydrogen-bond acceptors (Lipinski definition) is 4. The van der Waals surface area contributed by atoms with Crippen molar-refractivity contribution in [2.45, 2.75) is 71.0 Å². The summed E-state index contributed by atoms with van der Waals surface area (Å²) in [6.07, 6.45) is 5.30. The van der Waals surface area contributed by atoms with Gasteiger partial charge in [0, 0.05) is 37.9 Å². The SMILES string of the molecule is CCCn1c(CN2CCCC2=O)c(C(=O)N[C@H](c2cccc(F)c2)C2CC2)c2cccc(F)c2c1=O.O=C1CCCN1. The van der Waals surface area contributed by atoms with Crippen molar-refractivity contribution in [1.82, 2.24) is 20.1 Å². The molecule has 3 aromatic rings. The fourth-order valence-electron chi connectivity index (χ4n) is 5.81. The maximum atomic E-state index is 15.0. The Labute approximate surface area is 243 Å². The van der Waals surface area contributed by atoms with E-state index in [2.05, 4.69) is 10.6 Å². The van der Waals surface area contributed by atoms with Crippen molar-refractivity contribution in [3.63, 3.8) is 0 Å². The van der Waals surface area contributed by atoms with E-state index in [-0.39, 0.29) is 53.0 Å². The minimum absolute atomic E-state index is 0.0354. The van der Waals surface area contributed by atoms with Gasteiger partial charge in [-0.05, 0) is 61.8 Å². The number of fused-ring (bicyclic) bond motifs is 1. The van der Waals surface area contributed by atoms with Crippen LogP contribution in [0.3, 0.4) is 0 Å². The van der Waals surface area contributed by atoms with Gasteiger partial charge in [-0.3, -0.25) is 19.2 Å². The van der Waals surface area contributed by atoms with Crippen LogP contribution in [0.2, 0.25) is 0 Å². The van der Waals surface area contributed by atoms with Crippen molar-refractivity contribution in [3.05, 3.63) is 81.3 Å². The molecule has 1 saturated carbocycles. The van der Waals surface area contributed by atoms with E-state index >= 15 is 0 Å². The Kier molecular flexibility index (Phi) is 8.99. The van der Waals surface area contributed by atoms with Crippen LogP contribution in [0.5, 0.6) is 0 Å². The maximum Gasteiger partial charge on any atom is 0.261 e. The van der Waals surface area contributed by atoms with E-state index in [0.29, 0.717) is 37.1 Å². The number of halogens is 2. The molecule has 6 rings (SSSR count). The molecule has 3 fully saturated rings. The molecule has 1 aliphatic carbocycles. The monoisotopic (exact) mass is 578 g/mol. The van der Waals surface area contributed by atoms with Crippen LogP contribution in [0.25, 0.3) is 10.8 Å². The van der Waals surface area contributed by atoms with E-state index in [1.807, 2.05) is 6.92 Å². The first-order chi connectivity index (χ1) is 20.3. The summed E-state index contributed by atoms with van der Waals surface area (Å²) in [7, 11) is 0. The van der Waals surface area contributed by atoms with Gasteiger partial charge >= 0.3 is 0 Å². The number of hydrogen-bond donors (Lipinski definition) is 2. The van der Waals surface area contributed by atoms with E-state index in [0.717, 1.165) is 32.2 Å². The predicted molar refractivity (Wildman–Crippen MR) is 155 cm³/mol. The summed E-state index contributed by atoms with van der Waals surface area (Å²) in [6, 6.07) is 10.0. The molecule has 2 saturated heterocycles. The molecule has 2 aromatic carbocycles. The molecule has 1 aromatic heterocycles.